The highest BCUT2D eigenvalue weighted by Crippen LogP contribution is 2.60. The lowest BCUT2D eigenvalue weighted by Crippen LogP contribution is -2.59. The van der Waals surface area contributed by atoms with Gasteiger partial charge in [-0.3, -0.25) is 19.3 Å². The van der Waals surface area contributed by atoms with Gasteiger partial charge in [0.1, 0.15) is 5.75 Å². The molecule has 3 amide bonds. The number of imide groups is 1. The molecule has 1 aliphatic carbocycles. The summed E-state index contributed by atoms with van der Waals surface area (Å²) in [5.74, 6) is 0.277. The summed E-state index contributed by atoms with van der Waals surface area (Å²) in [5.41, 5.74) is -0.0209. The minimum absolute atomic E-state index is 0.0829. The van der Waals surface area contributed by atoms with Gasteiger partial charge in [-0.25, -0.2) is 4.98 Å². The maximum atomic E-state index is 13.0. The lowest BCUT2D eigenvalue weighted by atomic mass is 9.62. The van der Waals surface area contributed by atoms with Crippen molar-refractivity contribution >= 4 is 44.4 Å². The Morgan fingerprint density at radius 3 is 2.83 bits per heavy atom. The Labute approximate surface area is 179 Å². The predicted octanol–water partition coefficient (Wildman–Crippen LogP) is 3.83. The number of aromatic nitrogens is 1. The van der Waals surface area contributed by atoms with Crippen LogP contribution >= 0.6 is 11.3 Å². The normalized spacial score (nSPS) is 25.1. The molecule has 0 radical (unpaired) electrons. The zero-order valence-electron chi connectivity index (χ0n) is 17.8. The monoisotopic (exact) mass is 429 g/mol. The van der Waals surface area contributed by atoms with Crippen LogP contribution in [0.2, 0.25) is 0 Å². The molecule has 2 bridgehead atoms. The lowest BCUT2D eigenvalue weighted by molar-refractivity contribution is -0.168. The smallest absolute Gasteiger partial charge is 0.235 e. The molecule has 1 saturated heterocycles. The van der Waals surface area contributed by atoms with Crippen molar-refractivity contribution in [2.24, 2.45) is 16.7 Å². The van der Waals surface area contributed by atoms with E-state index in [0.717, 1.165) is 28.8 Å². The van der Waals surface area contributed by atoms with Crippen LogP contribution in [0.3, 0.4) is 0 Å². The van der Waals surface area contributed by atoms with Gasteiger partial charge in [-0.15, -0.1) is 0 Å². The van der Waals surface area contributed by atoms with Gasteiger partial charge in [-0.05, 0) is 42.9 Å². The molecular formula is C22H27N3O4S. The summed E-state index contributed by atoms with van der Waals surface area (Å²) in [6, 6.07) is 5.56. The first-order chi connectivity index (χ1) is 14.2. The fourth-order valence-electron chi connectivity index (χ4n) is 4.78. The third-order valence-electron chi connectivity index (χ3n) is 7.14. The minimum atomic E-state index is -0.504. The van der Waals surface area contributed by atoms with Crippen molar-refractivity contribution in [3.8, 4) is 5.75 Å². The lowest BCUT2D eigenvalue weighted by Gasteiger charge is -2.47. The summed E-state index contributed by atoms with van der Waals surface area (Å²) in [6.45, 7) is 6.31. The average molecular weight is 430 g/mol. The van der Waals surface area contributed by atoms with Crippen molar-refractivity contribution in [1.82, 2.24) is 9.88 Å². The third kappa shape index (κ3) is 3.17. The van der Waals surface area contributed by atoms with Crippen LogP contribution in [0.25, 0.3) is 10.2 Å². The molecule has 2 heterocycles. The molecule has 7 nitrogen and oxygen atoms in total. The quantitative estimate of drug-likeness (QED) is 0.705. The second-order valence-corrected chi connectivity index (χ2v) is 9.98. The second-order valence-electron chi connectivity index (χ2n) is 8.94. The predicted molar refractivity (Wildman–Crippen MR) is 115 cm³/mol. The largest absolute Gasteiger partial charge is 0.497 e. The Balaban J connectivity index is 1.35. The van der Waals surface area contributed by atoms with E-state index < -0.39 is 5.41 Å². The number of thiazole rings is 1. The highest BCUT2D eigenvalue weighted by molar-refractivity contribution is 7.22. The van der Waals surface area contributed by atoms with Gasteiger partial charge < -0.3 is 10.1 Å². The zero-order valence-corrected chi connectivity index (χ0v) is 18.6. The fraction of sp³-hybridized carbons (Fsp3) is 0.545. The van der Waals surface area contributed by atoms with E-state index >= 15 is 0 Å². The number of ether oxygens (including phenoxy) is 1. The molecule has 1 saturated carbocycles. The van der Waals surface area contributed by atoms with Crippen LogP contribution in [0.4, 0.5) is 5.13 Å². The first-order valence-corrected chi connectivity index (χ1v) is 11.1. The van der Waals surface area contributed by atoms with Crippen molar-refractivity contribution < 1.29 is 19.1 Å². The second kappa shape index (κ2) is 7.34. The zero-order chi connectivity index (χ0) is 21.7. The van der Waals surface area contributed by atoms with E-state index in [2.05, 4.69) is 10.3 Å². The van der Waals surface area contributed by atoms with Crippen LogP contribution in [0.1, 0.15) is 46.5 Å². The Morgan fingerprint density at radius 1 is 1.33 bits per heavy atom. The number of amides is 3. The standard InChI is InChI=1S/C22H27N3O4S/c1-21(2)14-9-10-22(21,3)19(28)25(18(14)27)11-5-6-17(26)24-20-23-15-8-7-13(29-4)12-16(15)30-20/h7-8,12,14H,5-6,9-11H2,1-4H3,(H,23,24,26). The molecule has 2 aromatic rings. The molecule has 2 fully saturated rings. The van der Waals surface area contributed by atoms with Crippen LogP contribution in [0.15, 0.2) is 18.2 Å². The number of nitrogens with zero attached hydrogens (tertiary/aromatic N) is 2. The fourth-order valence-corrected chi connectivity index (χ4v) is 5.69. The van der Waals surface area contributed by atoms with E-state index in [9.17, 15) is 14.4 Å². The summed E-state index contributed by atoms with van der Waals surface area (Å²) in [6.07, 6.45) is 2.16. The topological polar surface area (TPSA) is 88.6 Å². The summed E-state index contributed by atoms with van der Waals surface area (Å²) in [7, 11) is 1.61. The van der Waals surface area contributed by atoms with Gasteiger partial charge in [-0.2, -0.15) is 0 Å². The van der Waals surface area contributed by atoms with Crippen molar-refractivity contribution in [3.63, 3.8) is 0 Å². The highest BCUT2D eigenvalue weighted by atomic mass is 32.1. The summed E-state index contributed by atoms with van der Waals surface area (Å²) < 4.78 is 6.14. The number of rotatable bonds is 6. The van der Waals surface area contributed by atoms with Crippen LogP contribution in [-0.4, -0.2) is 41.3 Å². The molecule has 2 atom stereocenters. The van der Waals surface area contributed by atoms with Gasteiger partial charge in [-0.1, -0.05) is 32.1 Å². The van der Waals surface area contributed by atoms with Gasteiger partial charge in [0, 0.05) is 18.9 Å². The first kappa shape index (κ1) is 20.8. The van der Waals surface area contributed by atoms with Crippen molar-refractivity contribution in [3.05, 3.63) is 18.2 Å². The third-order valence-corrected chi connectivity index (χ3v) is 8.07. The number of carbonyl (C=O) groups is 3. The SMILES string of the molecule is COc1ccc2nc(NC(=O)CCCN3C(=O)C4CCC(C)(C3=O)C4(C)C)sc2c1. The number of hydrogen-bond donors (Lipinski definition) is 1. The molecular weight excluding hydrogens is 402 g/mol. The van der Waals surface area contributed by atoms with Crippen LogP contribution in [-0.2, 0) is 14.4 Å². The average Bonchev–Trinajstić information content (AvgIpc) is 3.17. The molecule has 1 aromatic heterocycles. The number of methoxy groups -OCH3 is 1. The van der Waals surface area contributed by atoms with Crippen LogP contribution in [0.5, 0.6) is 5.75 Å². The van der Waals surface area contributed by atoms with E-state index in [1.807, 2.05) is 39.0 Å². The first-order valence-electron chi connectivity index (χ1n) is 10.3. The summed E-state index contributed by atoms with van der Waals surface area (Å²) in [4.78, 5) is 44.1. The number of hydrogen-bond acceptors (Lipinski definition) is 6. The van der Waals surface area contributed by atoms with Crippen LogP contribution in [0, 0.1) is 16.7 Å². The van der Waals surface area contributed by atoms with Gasteiger partial charge in [0.15, 0.2) is 5.13 Å². The Morgan fingerprint density at radius 2 is 2.10 bits per heavy atom. The van der Waals surface area contributed by atoms with E-state index in [1.165, 1.54) is 16.2 Å². The molecule has 2 aliphatic rings. The Kier molecular flexibility index (Phi) is 5.08. The molecule has 4 rings (SSSR count). The van der Waals surface area contributed by atoms with Crippen molar-refractivity contribution in [2.45, 2.75) is 46.5 Å². The summed E-state index contributed by atoms with van der Waals surface area (Å²) >= 11 is 1.38. The highest BCUT2D eigenvalue weighted by Gasteiger charge is 2.64. The number of carbonyl (C=O) groups excluding carboxylic acids is 3. The molecule has 160 valence electrons. The Hall–Kier alpha value is -2.48. The Bertz CT molecular complexity index is 1030. The van der Waals surface area contributed by atoms with Gasteiger partial charge in [0.2, 0.25) is 17.7 Å². The van der Waals surface area contributed by atoms with Gasteiger partial charge in [0.05, 0.1) is 22.7 Å². The van der Waals surface area contributed by atoms with Crippen molar-refractivity contribution in [2.75, 3.05) is 19.0 Å². The minimum Gasteiger partial charge on any atom is -0.497 e. The van der Waals surface area contributed by atoms with Crippen molar-refractivity contribution in [1.29, 1.82) is 0 Å². The number of fused-ring (bicyclic) bond motifs is 3. The number of anilines is 1. The molecule has 8 heteroatoms. The molecule has 1 aliphatic heterocycles. The number of benzene rings is 1. The van der Waals surface area contributed by atoms with E-state index in [1.54, 1.807) is 7.11 Å². The van der Waals surface area contributed by atoms with Gasteiger partial charge in [0.25, 0.3) is 0 Å². The molecule has 1 N–H and O–H groups in total. The molecule has 30 heavy (non-hydrogen) atoms. The van der Waals surface area contributed by atoms with E-state index in [0.29, 0.717) is 11.6 Å². The van der Waals surface area contributed by atoms with E-state index in [-0.39, 0.29) is 42.0 Å². The molecule has 2 unspecified atom stereocenters. The van der Waals surface area contributed by atoms with Crippen LogP contribution < -0.4 is 10.1 Å². The maximum Gasteiger partial charge on any atom is 0.235 e. The van der Waals surface area contributed by atoms with E-state index in [4.69, 9.17) is 4.74 Å². The van der Waals surface area contributed by atoms with Gasteiger partial charge >= 0.3 is 0 Å². The molecule has 0 spiro atoms. The number of piperidine rings is 1. The number of likely N-dealkylation sites (tertiary alicyclic amines) is 1. The summed E-state index contributed by atoms with van der Waals surface area (Å²) in [5, 5.41) is 3.35. The number of nitrogens with one attached hydrogen (secondary N) is 1. The maximum absolute atomic E-state index is 13.0. The molecule has 1 aromatic carbocycles.